The van der Waals surface area contributed by atoms with Crippen molar-refractivity contribution in [3.63, 3.8) is 0 Å². The van der Waals surface area contributed by atoms with Crippen LogP contribution in [0.25, 0.3) is 0 Å². The van der Waals surface area contributed by atoms with Crippen LogP contribution in [0.1, 0.15) is 44.9 Å². The molecule has 0 heterocycles. The van der Waals surface area contributed by atoms with E-state index in [0.717, 1.165) is 23.7 Å². The summed E-state index contributed by atoms with van der Waals surface area (Å²) in [5.74, 6) is 4.15. The van der Waals surface area contributed by atoms with Crippen LogP contribution in [0.15, 0.2) is 12.2 Å². The van der Waals surface area contributed by atoms with Gasteiger partial charge in [-0.2, -0.15) is 0 Å². The predicted octanol–water partition coefficient (Wildman–Crippen LogP) is 3.78. The van der Waals surface area contributed by atoms with E-state index in [4.69, 9.17) is 0 Å². The predicted molar refractivity (Wildman–Crippen MR) is 55.4 cm³/mol. The zero-order chi connectivity index (χ0) is 8.67. The number of allylic oxidation sites excluding steroid dienone is 2. The molecule has 0 N–H and O–H groups in total. The lowest BCUT2D eigenvalue weighted by Gasteiger charge is -2.39. The van der Waals surface area contributed by atoms with Crippen molar-refractivity contribution in [1.82, 2.24) is 0 Å². The molecule has 13 heavy (non-hydrogen) atoms. The first-order chi connectivity index (χ1) is 6.45. The van der Waals surface area contributed by atoms with Gasteiger partial charge in [0.2, 0.25) is 0 Å². The van der Waals surface area contributed by atoms with Crippen molar-refractivity contribution < 1.29 is 0 Å². The molecule has 3 aliphatic carbocycles. The van der Waals surface area contributed by atoms with Crippen molar-refractivity contribution >= 4 is 0 Å². The van der Waals surface area contributed by atoms with Crippen molar-refractivity contribution in [3.8, 4) is 0 Å². The van der Waals surface area contributed by atoms with Gasteiger partial charge in [0.05, 0.1) is 0 Å². The van der Waals surface area contributed by atoms with Crippen LogP contribution in [0.4, 0.5) is 0 Å². The highest BCUT2D eigenvalue weighted by Crippen LogP contribution is 2.49. The number of hydrogen-bond donors (Lipinski definition) is 0. The van der Waals surface area contributed by atoms with Gasteiger partial charge in [0.15, 0.2) is 0 Å². The maximum atomic E-state index is 2.57. The molecule has 72 valence electrons. The van der Waals surface area contributed by atoms with Crippen molar-refractivity contribution in [2.75, 3.05) is 0 Å². The highest BCUT2D eigenvalue weighted by Gasteiger charge is 2.39. The van der Waals surface area contributed by atoms with E-state index in [2.05, 4.69) is 12.2 Å². The van der Waals surface area contributed by atoms with Gasteiger partial charge >= 0.3 is 0 Å². The summed E-state index contributed by atoms with van der Waals surface area (Å²) in [7, 11) is 0. The summed E-state index contributed by atoms with van der Waals surface area (Å²) in [4.78, 5) is 0. The van der Waals surface area contributed by atoms with E-state index in [-0.39, 0.29) is 0 Å². The Morgan fingerprint density at radius 2 is 1.15 bits per heavy atom. The van der Waals surface area contributed by atoms with Crippen LogP contribution < -0.4 is 0 Å². The molecule has 0 bridgehead atoms. The van der Waals surface area contributed by atoms with Crippen molar-refractivity contribution in [3.05, 3.63) is 12.2 Å². The standard InChI is InChI=1S/C13H20/c1-2-6-12-10(4-1)8-9-11-5-3-7-13(11)12/h8-13H,1-7H2. The number of hydrogen-bond acceptors (Lipinski definition) is 0. The van der Waals surface area contributed by atoms with E-state index in [9.17, 15) is 0 Å². The summed E-state index contributed by atoms with van der Waals surface area (Å²) in [6.45, 7) is 0. The Morgan fingerprint density at radius 1 is 0.615 bits per heavy atom. The molecule has 0 aromatic heterocycles. The van der Waals surface area contributed by atoms with Crippen molar-refractivity contribution in [2.45, 2.75) is 44.9 Å². The molecule has 0 radical (unpaired) electrons. The van der Waals surface area contributed by atoms with Crippen LogP contribution in [0.2, 0.25) is 0 Å². The molecule has 0 nitrogen and oxygen atoms in total. The van der Waals surface area contributed by atoms with E-state index >= 15 is 0 Å². The lowest BCUT2D eigenvalue weighted by Crippen LogP contribution is -2.30. The Balaban J connectivity index is 1.85. The Labute approximate surface area is 81.4 Å². The minimum atomic E-state index is 0.980. The summed E-state index contributed by atoms with van der Waals surface area (Å²) >= 11 is 0. The lowest BCUT2D eigenvalue weighted by atomic mass is 9.66. The molecule has 0 aromatic carbocycles. The molecule has 3 rings (SSSR count). The quantitative estimate of drug-likeness (QED) is 0.493. The molecule has 0 saturated heterocycles. The first-order valence-corrected chi connectivity index (χ1v) is 6.13. The molecule has 3 aliphatic rings. The van der Waals surface area contributed by atoms with Crippen LogP contribution in [0.5, 0.6) is 0 Å². The molecule has 0 heteroatoms. The molecule has 4 atom stereocenters. The highest BCUT2D eigenvalue weighted by atomic mass is 14.4. The third-order valence-corrected chi connectivity index (χ3v) is 4.66. The van der Waals surface area contributed by atoms with Gasteiger partial charge in [-0.25, -0.2) is 0 Å². The van der Waals surface area contributed by atoms with Gasteiger partial charge in [-0.1, -0.05) is 31.4 Å². The van der Waals surface area contributed by atoms with E-state index in [1.807, 2.05) is 0 Å². The summed E-state index contributed by atoms with van der Waals surface area (Å²) in [6.07, 6.45) is 15.7. The van der Waals surface area contributed by atoms with Crippen molar-refractivity contribution in [2.24, 2.45) is 23.7 Å². The highest BCUT2D eigenvalue weighted by molar-refractivity contribution is 5.07. The van der Waals surface area contributed by atoms with Gasteiger partial charge in [0.1, 0.15) is 0 Å². The van der Waals surface area contributed by atoms with Gasteiger partial charge < -0.3 is 0 Å². The summed E-state index contributed by atoms with van der Waals surface area (Å²) in [5.41, 5.74) is 0. The SMILES string of the molecule is C1=CC2CCCC2C2CCCCC12. The fraction of sp³-hybridized carbons (Fsp3) is 0.846. The fourth-order valence-corrected chi connectivity index (χ4v) is 4.03. The van der Waals surface area contributed by atoms with Gasteiger partial charge in [0.25, 0.3) is 0 Å². The molecule has 2 fully saturated rings. The minimum absolute atomic E-state index is 0.980. The fourth-order valence-electron chi connectivity index (χ4n) is 4.03. The van der Waals surface area contributed by atoms with Gasteiger partial charge in [-0.3, -0.25) is 0 Å². The maximum absolute atomic E-state index is 2.57. The van der Waals surface area contributed by atoms with Gasteiger partial charge in [-0.05, 0) is 49.4 Å². The molecule has 0 aliphatic heterocycles. The molecular formula is C13H20. The molecule has 4 unspecified atom stereocenters. The third kappa shape index (κ3) is 1.26. The minimum Gasteiger partial charge on any atom is -0.0848 e. The van der Waals surface area contributed by atoms with Crippen LogP contribution in [-0.2, 0) is 0 Å². The summed E-state index contributed by atoms with van der Waals surface area (Å²) in [6, 6.07) is 0. The smallest absolute Gasteiger partial charge is 0.0202 e. The maximum Gasteiger partial charge on any atom is -0.0202 e. The second-order valence-corrected chi connectivity index (χ2v) is 5.26. The van der Waals surface area contributed by atoms with E-state index in [1.165, 1.54) is 44.9 Å². The molecule has 0 amide bonds. The first kappa shape index (κ1) is 8.08. The Bertz CT molecular complexity index is 216. The lowest BCUT2D eigenvalue weighted by molar-refractivity contribution is 0.161. The van der Waals surface area contributed by atoms with Crippen LogP contribution in [-0.4, -0.2) is 0 Å². The van der Waals surface area contributed by atoms with E-state index in [1.54, 1.807) is 0 Å². The summed E-state index contributed by atoms with van der Waals surface area (Å²) < 4.78 is 0. The van der Waals surface area contributed by atoms with Crippen LogP contribution >= 0.6 is 0 Å². The van der Waals surface area contributed by atoms with Crippen molar-refractivity contribution in [1.29, 1.82) is 0 Å². The number of rotatable bonds is 0. The van der Waals surface area contributed by atoms with E-state index < -0.39 is 0 Å². The van der Waals surface area contributed by atoms with Gasteiger partial charge in [-0.15, -0.1) is 0 Å². The Kier molecular flexibility index (Phi) is 1.96. The van der Waals surface area contributed by atoms with Crippen LogP contribution in [0.3, 0.4) is 0 Å². The Morgan fingerprint density at radius 3 is 1.92 bits per heavy atom. The molecule has 0 spiro atoms. The molecule has 0 aromatic rings. The zero-order valence-electron chi connectivity index (χ0n) is 8.41. The molecular weight excluding hydrogens is 156 g/mol. The average molecular weight is 176 g/mol. The third-order valence-electron chi connectivity index (χ3n) is 4.66. The molecule has 2 saturated carbocycles. The van der Waals surface area contributed by atoms with Gasteiger partial charge in [0, 0.05) is 0 Å². The topological polar surface area (TPSA) is 0 Å². The largest absolute Gasteiger partial charge is 0.0848 e. The zero-order valence-corrected chi connectivity index (χ0v) is 8.41. The first-order valence-electron chi connectivity index (χ1n) is 6.13. The summed E-state index contributed by atoms with van der Waals surface area (Å²) in [5, 5.41) is 0. The Hall–Kier alpha value is -0.260. The second-order valence-electron chi connectivity index (χ2n) is 5.26. The average Bonchev–Trinajstić information content (AvgIpc) is 2.65. The van der Waals surface area contributed by atoms with Crippen LogP contribution in [0, 0.1) is 23.7 Å². The normalized spacial score (nSPS) is 48.6. The monoisotopic (exact) mass is 176 g/mol. The second kappa shape index (κ2) is 3.15. The number of fused-ring (bicyclic) bond motifs is 3. The van der Waals surface area contributed by atoms with E-state index in [0.29, 0.717) is 0 Å².